The molecule has 1 saturated carbocycles. The van der Waals surface area contributed by atoms with Crippen molar-refractivity contribution in [3.63, 3.8) is 0 Å². The first kappa shape index (κ1) is 12.6. The second-order valence-electron chi connectivity index (χ2n) is 4.67. The van der Waals surface area contributed by atoms with Crippen LogP contribution in [0.25, 0.3) is 6.08 Å². The SMILES string of the molecule is CN(CC1CC1)c1c(F)cccc1/C=C/C(=O)O. The molecule has 1 aliphatic carbocycles. The number of anilines is 1. The largest absolute Gasteiger partial charge is 0.478 e. The fraction of sp³-hybridized carbons (Fsp3) is 0.357. The zero-order valence-electron chi connectivity index (χ0n) is 10.3. The van der Waals surface area contributed by atoms with Crippen molar-refractivity contribution < 1.29 is 14.3 Å². The van der Waals surface area contributed by atoms with E-state index in [-0.39, 0.29) is 5.82 Å². The van der Waals surface area contributed by atoms with E-state index in [1.807, 2.05) is 11.9 Å². The molecular formula is C14H16FNO2. The molecule has 0 amide bonds. The molecule has 0 unspecified atom stereocenters. The number of aliphatic carboxylic acids is 1. The van der Waals surface area contributed by atoms with E-state index in [1.165, 1.54) is 25.0 Å². The van der Waals surface area contributed by atoms with E-state index in [1.54, 1.807) is 12.1 Å². The Labute approximate surface area is 106 Å². The fourth-order valence-corrected chi connectivity index (χ4v) is 2.01. The van der Waals surface area contributed by atoms with Crippen LogP contribution in [0, 0.1) is 11.7 Å². The Bertz CT molecular complexity index is 481. The molecule has 0 atom stereocenters. The highest BCUT2D eigenvalue weighted by atomic mass is 19.1. The third kappa shape index (κ3) is 3.09. The van der Waals surface area contributed by atoms with E-state index in [0.717, 1.165) is 12.6 Å². The van der Waals surface area contributed by atoms with Gasteiger partial charge in [0.1, 0.15) is 5.82 Å². The number of rotatable bonds is 5. The lowest BCUT2D eigenvalue weighted by molar-refractivity contribution is -0.131. The number of hydrogen-bond acceptors (Lipinski definition) is 2. The molecule has 0 spiro atoms. The van der Waals surface area contributed by atoms with E-state index >= 15 is 0 Å². The number of halogens is 1. The molecule has 4 heteroatoms. The summed E-state index contributed by atoms with van der Waals surface area (Å²) in [6, 6.07) is 4.71. The summed E-state index contributed by atoms with van der Waals surface area (Å²) >= 11 is 0. The second-order valence-corrected chi connectivity index (χ2v) is 4.67. The number of carboxylic acid groups (broad SMARTS) is 1. The lowest BCUT2D eigenvalue weighted by atomic mass is 10.1. The summed E-state index contributed by atoms with van der Waals surface area (Å²) in [5.41, 5.74) is 1.07. The maximum Gasteiger partial charge on any atom is 0.328 e. The first-order valence-corrected chi connectivity index (χ1v) is 5.98. The minimum atomic E-state index is -1.03. The quantitative estimate of drug-likeness (QED) is 0.816. The Hall–Kier alpha value is -1.84. The Morgan fingerprint density at radius 3 is 2.89 bits per heavy atom. The van der Waals surface area contributed by atoms with Crippen LogP contribution in [0.3, 0.4) is 0 Å². The van der Waals surface area contributed by atoms with Crippen molar-refractivity contribution >= 4 is 17.7 Å². The maximum absolute atomic E-state index is 13.9. The van der Waals surface area contributed by atoms with Gasteiger partial charge in [0.05, 0.1) is 5.69 Å². The van der Waals surface area contributed by atoms with Crippen LogP contribution in [0.2, 0.25) is 0 Å². The van der Waals surface area contributed by atoms with Crippen LogP contribution in [-0.4, -0.2) is 24.7 Å². The molecule has 2 rings (SSSR count). The number of carbonyl (C=O) groups is 1. The van der Waals surface area contributed by atoms with Crippen molar-refractivity contribution in [2.75, 3.05) is 18.5 Å². The maximum atomic E-state index is 13.9. The number of hydrogen-bond donors (Lipinski definition) is 1. The van der Waals surface area contributed by atoms with Gasteiger partial charge in [0.15, 0.2) is 0 Å². The molecule has 1 aliphatic rings. The fourth-order valence-electron chi connectivity index (χ4n) is 2.01. The van der Waals surface area contributed by atoms with Crippen LogP contribution in [0.5, 0.6) is 0 Å². The zero-order valence-corrected chi connectivity index (χ0v) is 10.3. The van der Waals surface area contributed by atoms with Gasteiger partial charge in [-0.3, -0.25) is 0 Å². The summed E-state index contributed by atoms with van der Waals surface area (Å²) < 4.78 is 13.9. The van der Waals surface area contributed by atoms with Crippen LogP contribution >= 0.6 is 0 Å². The molecule has 18 heavy (non-hydrogen) atoms. The summed E-state index contributed by atoms with van der Waals surface area (Å²) in [7, 11) is 1.84. The Morgan fingerprint density at radius 1 is 1.56 bits per heavy atom. The van der Waals surface area contributed by atoms with Crippen molar-refractivity contribution in [2.24, 2.45) is 5.92 Å². The Balaban J connectivity index is 2.27. The van der Waals surface area contributed by atoms with Crippen molar-refractivity contribution in [2.45, 2.75) is 12.8 Å². The first-order chi connectivity index (χ1) is 8.58. The van der Waals surface area contributed by atoms with Gasteiger partial charge in [-0.05, 0) is 30.9 Å². The molecule has 0 heterocycles. The predicted molar refractivity (Wildman–Crippen MR) is 69.1 cm³/mol. The topological polar surface area (TPSA) is 40.5 Å². The van der Waals surface area contributed by atoms with Gasteiger partial charge in [-0.25, -0.2) is 9.18 Å². The summed E-state index contributed by atoms with van der Waals surface area (Å²) in [5, 5.41) is 8.63. The molecule has 1 aromatic rings. The van der Waals surface area contributed by atoms with Gasteiger partial charge in [0.25, 0.3) is 0 Å². The number of carboxylic acids is 1. The Kier molecular flexibility index (Phi) is 3.65. The van der Waals surface area contributed by atoms with Crippen LogP contribution in [0.4, 0.5) is 10.1 Å². The zero-order chi connectivity index (χ0) is 13.1. The van der Waals surface area contributed by atoms with E-state index in [4.69, 9.17) is 5.11 Å². The number of benzene rings is 1. The highest BCUT2D eigenvalue weighted by Gasteiger charge is 2.24. The van der Waals surface area contributed by atoms with E-state index in [0.29, 0.717) is 17.2 Å². The number of nitrogens with zero attached hydrogens (tertiary/aromatic N) is 1. The van der Waals surface area contributed by atoms with Gasteiger partial charge in [-0.2, -0.15) is 0 Å². The van der Waals surface area contributed by atoms with Gasteiger partial charge in [0, 0.05) is 25.2 Å². The second kappa shape index (κ2) is 5.21. The molecule has 1 aromatic carbocycles. The minimum Gasteiger partial charge on any atom is -0.478 e. The van der Waals surface area contributed by atoms with Crippen LogP contribution in [-0.2, 0) is 4.79 Å². The molecule has 1 fully saturated rings. The molecule has 0 saturated heterocycles. The van der Waals surface area contributed by atoms with Crippen molar-refractivity contribution in [3.05, 3.63) is 35.7 Å². The van der Waals surface area contributed by atoms with Gasteiger partial charge in [-0.15, -0.1) is 0 Å². The lowest BCUT2D eigenvalue weighted by Crippen LogP contribution is -2.22. The molecule has 0 bridgehead atoms. The smallest absolute Gasteiger partial charge is 0.328 e. The third-order valence-corrected chi connectivity index (χ3v) is 3.03. The van der Waals surface area contributed by atoms with Gasteiger partial charge >= 0.3 is 5.97 Å². The van der Waals surface area contributed by atoms with E-state index in [9.17, 15) is 9.18 Å². The highest BCUT2D eigenvalue weighted by molar-refractivity contribution is 5.87. The normalized spacial score (nSPS) is 15.0. The lowest BCUT2D eigenvalue weighted by Gasteiger charge is -2.21. The summed E-state index contributed by atoms with van der Waals surface area (Å²) in [5.74, 6) is -0.702. The summed E-state index contributed by atoms with van der Waals surface area (Å²) in [4.78, 5) is 12.4. The molecule has 0 radical (unpaired) electrons. The van der Waals surface area contributed by atoms with Gasteiger partial charge < -0.3 is 10.0 Å². The standard InChI is InChI=1S/C14H16FNO2/c1-16(9-10-5-6-10)14-11(7-8-13(17)18)3-2-4-12(14)15/h2-4,7-8,10H,5-6,9H2,1H3,(H,17,18)/b8-7+. The predicted octanol–water partition coefficient (Wildman–Crippen LogP) is 2.77. The summed E-state index contributed by atoms with van der Waals surface area (Å²) in [6.45, 7) is 0.814. The van der Waals surface area contributed by atoms with Crippen molar-refractivity contribution in [3.8, 4) is 0 Å². The monoisotopic (exact) mass is 249 g/mol. The van der Waals surface area contributed by atoms with Crippen LogP contribution in [0.15, 0.2) is 24.3 Å². The van der Waals surface area contributed by atoms with Crippen molar-refractivity contribution in [1.29, 1.82) is 0 Å². The van der Waals surface area contributed by atoms with Gasteiger partial charge in [-0.1, -0.05) is 12.1 Å². The Morgan fingerprint density at radius 2 is 2.28 bits per heavy atom. The van der Waals surface area contributed by atoms with E-state index in [2.05, 4.69) is 0 Å². The van der Waals surface area contributed by atoms with Crippen molar-refractivity contribution in [1.82, 2.24) is 0 Å². The third-order valence-electron chi connectivity index (χ3n) is 3.03. The van der Waals surface area contributed by atoms with Crippen LogP contribution < -0.4 is 4.90 Å². The highest BCUT2D eigenvalue weighted by Crippen LogP contribution is 2.33. The molecule has 0 aliphatic heterocycles. The molecular weight excluding hydrogens is 233 g/mol. The number of para-hydroxylation sites is 1. The first-order valence-electron chi connectivity index (χ1n) is 5.98. The molecule has 1 N–H and O–H groups in total. The molecule has 96 valence electrons. The average Bonchev–Trinajstić information content (AvgIpc) is 3.09. The van der Waals surface area contributed by atoms with Crippen LogP contribution in [0.1, 0.15) is 18.4 Å². The molecule has 3 nitrogen and oxygen atoms in total. The minimum absolute atomic E-state index is 0.314. The average molecular weight is 249 g/mol. The van der Waals surface area contributed by atoms with Gasteiger partial charge in [0.2, 0.25) is 0 Å². The summed E-state index contributed by atoms with van der Waals surface area (Å²) in [6.07, 6.45) is 4.85. The van der Waals surface area contributed by atoms with E-state index < -0.39 is 5.97 Å². The molecule has 0 aromatic heterocycles.